The molecule has 92 valence electrons. The molecular weight excluding hydrogens is 254 g/mol. The number of aromatic nitrogens is 2. The number of nitrogens with one attached hydrogen (secondary N) is 1. The molecule has 0 aliphatic carbocycles. The van der Waals surface area contributed by atoms with Crippen LogP contribution in [0.1, 0.15) is 38.8 Å². The lowest BCUT2D eigenvalue weighted by Crippen LogP contribution is -2.25. The number of nitrogens with zero attached hydrogens (tertiary/aromatic N) is 2. The van der Waals surface area contributed by atoms with Gasteiger partial charge in [0.05, 0.1) is 17.4 Å². The molecule has 1 aliphatic heterocycles. The first-order valence-electron chi connectivity index (χ1n) is 5.29. The molecule has 0 saturated carbocycles. The monoisotopic (exact) mass is 263 g/mol. The average Bonchev–Trinajstić information content (AvgIpc) is 2.92. The molecule has 2 aromatic rings. The second kappa shape index (κ2) is 3.67. The summed E-state index contributed by atoms with van der Waals surface area (Å²) in [6, 6.07) is 1.39. The van der Waals surface area contributed by atoms with Crippen LogP contribution in [0.4, 0.5) is 0 Å². The Hall–Kier alpha value is -2.15. The van der Waals surface area contributed by atoms with Gasteiger partial charge in [0.15, 0.2) is 5.69 Å². The second-order valence-corrected chi connectivity index (χ2v) is 4.90. The summed E-state index contributed by atoms with van der Waals surface area (Å²) in [4.78, 5) is 27.6. The normalized spacial score (nSPS) is 17.6. The van der Waals surface area contributed by atoms with Crippen molar-refractivity contribution in [3.63, 3.8) is 0 Å². The fraction of sp³-hybridized carbons (Fsp3) is 0.182. The minimum atomic E-state index is -1.09. The summed E-state index contributed by atoms with van der Waals surface area (Å²) < 4.78 is 1.66. The molecule has 0 bridgehead atoms. The SMILES string of the molecule is CC1NC(=O)c2sccc2-n2cnc(C(=O)O)c21. The van der Waals surface area contributed by atoms with Crippen LogP contribution < -0.4 is 5.32 Å². The van der Waals surface area contributed by atoms with Gasteiger partial charge in [-0.3, -0.25) is 9.36 Å². The van der Waals surface area contributed by atoms with Gasteiger partial charge in [-0.1, -0.05) is 0 Å². The third kappa shape index (κ3) is 1.37. The molecule has 6 nitrogen and oxygen atoms in total. The number of carbonyl (C=O) groups is 2. The molecule has 3 rings (SSSR count). The highest BCUT2D eigenvalue weighted by atomic mass is 32.1. The van der Waals surface area contributed by atoms with Gasteiger partial charge in [0.25, 0.3) is 5.91 Å². The van der Waals surface area contributed by atoms with E-state index in [0.29, 0.717) is 16.3 Å². The molecule has 0 radical (unpaired) electrons. The van der Waals surface area contributed by atoms with Gasteiger partial charge < -0.3 is 10.4 Å². The first-order valence-corrected chi connectivity index (χ1v) is 6.17. The maximum Gasteiger partial charge on any atom is 0.356 e. The largest absolute Gasteiger partial charge is 0.476 e. The molecule has 1 aliphatic rings. The Labute approximate surface area is 106 Å². The van der Waals surface area contributed by atoms with Crippen molar-refractivity contribution in [2.45, 2.75) is 13.0 Å². The van der Waals surface area contributed by atoms with Gasteiger partial charge in [-0.2, -0.15) is 0 Å². The highest BCUT2D eigenvalue weighted by molar-refractivity contribution is 7.12. The second-order valence-electron chi connectivity index (χ2n) is 3.98. The van der Waals surface area contributed by atoms with Crippen molar-refractivity contribution < 1.29 is 14.7 Å². The van der Waals surface area contributed by atoms with E-state index in [1.165, 1.54) is 17.7 Å². The Balaban J connectivity index is 2.31. The fourth-order valence-electron chi connectivity index (χ4n) is 2.12. The molecule has 1 unspecified atom stereocenters. The first kappa shape index (κ1) is 11.0. The van der Waals surface area contributed by atoms with Crippen LogP contribution in [0.3, 0.4) is 0 Å². The number of rotatable bonds is 1. The van der Waals surface area contributed by atoms with Gasteiger partial charge in [-0.05, 0) is 18.4 Å². The summed E-state index contributed by atoms with van der Waals surface area (Å²) in [7, 11) is 0. The van der Waals surface area contributed by atoms with E-state index in [1.807, 2.05) is 0 Å². The first-order chi connectivity index (χ1) is 8.59. The average molecular weight is 263 g/mol. The molecular formula is C11H9N3O3S. The topological polar surface area (TPSA) is 84.2 Å². The Morgan fingerprint density at radius 3 is 3.11 bits per heavy atom. The molecule has 0 fully saturated rings. The Morgan fingerprint density at radius 1 is 1.61 bits per heavy atom. The molecule has 2 aromatic heterocycles. The number of imidazole rings is 1. The van der Waals surface area contributed by atoms with Crippen molar-refractivity contribution >= 4 is 23.2 Å². The standard InChI is InChI=1S/C11H9N3O3S/c1-5-8-7(11(16)17)12-4-14(8)6-2-3-18-9(6)10(15)13-5/h2-5H,1H3,(H,13,15)(H,16,17). The molecule has 0 saturated heterocycles. The van der Waals surface area contributed by atoms with E-state index in [2.05, 4.69) is 10.3 Å². The molecule has 0 aromatic carbocycles. The van der Waals surface area contributed by atoms with Crippen molar-refractivity contribution in [1.29, 1.82) is 0 Å². The number of carboxylic acids is 1. The number of thiophene rings is 1. The van der Waals surface area contributed by atoms with Crippen LogP contribution in [0, 0.1) is 0 Å². The van der Waals surface area contributed by atoms with E-state index in [0.717, 1.165) is 0 Å². The van der Waals surface area contributed by atoms with Crippen LogP contribution in [0.15, 0.2) is 17.8 Å². The van der Waals surface area contributed by atoms with Gasteiger partial charge in [-0.25, -0.2) is 9.78 Å². The minimum absolute atomic E-state index is 0.0261. The van der Waals surface area contributed by atoms with E-state index in [9.17, 15) is 9.59 Å². The van der Waals surface area contributed by atoms with Crippen LogP contribution in [0.25, 0.3) is 5.69 Å². The minimum Gasteiger partial charge on any atom is -0.476 e. The number of aromatic carboxylic acids is 1. The number of amides is 1. The van der Waals surface area contributed by atoms with Crippen LogP contribution in [0.5, 0.6) is 0 Å². The van der Waals surface area contributed by atoms with Gasteiger partial charge in [0.1, 0.15) is 11.2 Å². The summed E-state index contributed by atoms with van der Waals surface area (Å²) in [5.74, 6) is -1.28. The van der Waals surface area contributed by atoms with Gasteiger partial charge >= 0.3 is 5.97 Å². The molecule has 7 heteroatoms. The molecule has 3 heterocycles. The number of carboxylic acid groups (broad SMARTS) is 1. The predicted molar refractivity (Wildman–Crippen MR) is 64.3 cm³/mol. The zero-order valence-corrected chi connectivity index (χ0v) is 10.2. The molecule has 0 spiro atoms. The van der Waals surface area contributed by atoms with Crippen LogP contribution in [-0.4, -0.2) is 26.5 Å². The summed E-state index contributed by atoms with van der Waals surface area (Å²) in [5.41, 5.74) is 1.15. The smallest absolute Gasteiger partial charge is 0.356 e. The Bertz CT molecular complexity index is 658. The van der Waals surface area contributed by atoms with E-state index in [1.54, 1.807) is 22.9 Å². The van der Waals surface area contributed by atoms with Crippen LogP contribution in [0.2, 0.25) is 0 Å². The lowest BCUT2D eigenvalue weighted by molar-refractivity contribution is 0.0687. The van der Waals surface area contributed by atoms with Crippen LogP contribution in [-0.2, 0) is 0 Å². The van der Waals surface area contributed by atoms with Crippen molar-refractivity contribution in [2.24, 2.45) is 0 Å². The zero-order valence-electron chi connectivity index (χ0n) is 9.38. The Morgan fingerprint density at radius 2 is 2.39 bits per heavy atom. The predicted octanol–water partition coefficient (Wildman–Crippen LogP) is 1.44. The molecule has 1 amide bonds. The summed E-state index contributed by atoms with van der Waals surface area (Å²) in [6.07, 6.45) is 1.45. The maximum atomic E-state index is 11.9. The van der Waals surface area contributed by atoms with Crippen molar-refractivity contribution in [3.05, 3.63) is 34.0 Å². The van der Waals surface area contributed by atoms with E-state index < -0.39 is 12.0 Å². The van der Waals surface area contributed by atoms with Crippen molar-refractivity contribution in [1.82, 2.24) is 14.9 Å². The van der Waals surface area contributed by atoms with Gasteiger partial charge in [-0.15, -0.1) is 11.3 Å². The van der Waals surface area contributed by atoms with Crippen LogP contribution >= 0.6 is 11.3 Å². The third-order valence-corrected chi connectivity index (χ3v) is 3.78. The van der Waals surface area contributed by atoms with Crippen molar-refractivity contribution in [3.8, 4) is 5.69 Å². The lowest BCUT2D eigenvalue weighted by atomic mass is 10.2. The van der Waals surface area contributed by atoms with E-state index in [4.69, 9.17) is 5.11 Å². The number of hydrogen-bond acceptors (Lipinski definition) is 4. The van der Waals surface area contributed by atoms with Gasteiger partial charge in [0, 0.05) is 0 Å². The Kier molecular flexibility index (Phi) is 2.24. The van der Waals surface area contributed by atoms with Gasteiger partial charge in [0.2, 0.25) is 0 Å². The quantitative estimate of drug-likeness (QED) is 0.815. The zero-order chi connectivity index (χ0) is 12.9. The number of fused-ring (bicyclic) bond motifs is 3. The summed E-state index contributed by atoms with van der Waals surface area (Å²) in [5, 5.41) is 13.7. The highest BCUT2D eigenvalue weighted by Crippen LogP contribution is 2.30. The maximum absolute atomic E-state index is 11.9. The highest BCUT2D eigenvalue weighted by Gasteiger charge is 2.30. The third-order valence-electron chi connectivity index (χ3n) is 2.88. The summed E-state index contributed by atoms with van der Waals surface area (Å²) in [6.45, 7) is 1.74. The van der Waals surface area contributed by atoms with E-state index >= 15 is 0 Å². The fourth-order valence-corrected chi connectivity index (χ4v) is 2.91. The molecule has 2 N–H and O–H groups in total. The van der Waals surface area contributed by atoms with E-state index in [-0.39, 0.29) is 11.6 Å². The molecule has 1 atom stereocenters. The number of carbonyl (C=O) groups excluding carboxylic acids is 1. The molecule has 18 heavy (non-hydrogen) atoms. The lowest BCUT2D eigenvalue weighted by Gasteiger charge is -2.11. The number of hydrogen-bond donors (Lipinski definition) is 2. The summed E-state index contributed by atoms with van der Waals surface area (Å²) >= 11 is 1.32. The van der Waals surface area contributed by atoms with Crippen molar-refractivity contribution in [2.75, 3.05) is 0 Å².